The molecule has 1 N–H and O–H groups in total. The highest BCUT2D eigenvalue weighted by atomic mass is 16.5. The fourth-order valence-electron chi connectivity index (χ4n) is 1.80. The van der Waals surface area contributed by atoms with Crippen molar-refractivity contribution in [2.45, 2.75) is 45.8 Å². The summed E-state index contributed by atoms with van der Waals surface area (Å²) in [4.78, 5) is 0. The van der Waals surface area contributed by atoms with Gasteiger partial charge >= 0.3 is 0 Å². The molecule has 0 aromatic heterocycles. The molecule has 1 fully saturated rings. The molecular weight excluding hydrogens is 152 g/mol. The van der Waals surface area contributed by atoms with Crippen molar-refractivity contribution in [2.75, 3.05) is 6.61 Å². The highest BCUT2D eigenvalue weighted by Gasteiger charge is 2.35. The first-order chi connectivity index (χ1) is 5.65. The lowest BCUT2D eigenvalue weighted by Crippen LogP contribution is -2.40. The standard InChI is InChI=1S/C10H20O2/c1-4-12-9-5-8(6-9)10(11)7(2)3/h7-11H,4-6H2,1-3H3. The maximum absolute atomic E-state index is 9.68. The Morgan fingerprint density at radius 2 is 2.00 bits per heavy atom. The molecule has 2 nitrogen and oxygen atoms in total. The molecule has 2 heteroatoms. The Balaban J connectivity index is 2.16. The van der Waals surface area contributed by atoms with Crippen LogP contribution in [0.4, 0.5) is 0 Å². The summed E-state index contributed by atoms with van der Waals surface area (Å²) in [5.41, 5.74) is 0. The fraction of sp³-hybridized carbons (Fsp3) is 1.00. The van der Waals surface area contributed by atoms with Gasteiger partial charge in [0.05, 0.1) is 12.2 Å². The van der Waals surface area contributed by atoms with E-state index in [-0.39, 0.29) is 6.10 Å². The van der Waals surface area contributed by atoms with Gasteiger partial charge < -0.3 is 9.84 Å². The van der Waals surface area contributed by atoms with Crippen LogP contribution in [0.15, 0.2) is 0 Å². The van der Waals surface area contributed by atoms with Crippen LogP contribution >= 0.6 is 0 Å². The summed E-state index contributed by atoms with van der Waals surface area (Å²) < 4.78 is 5.43. The smallest absolute Gasteiger partial charge is 0.0593 e. The minimum absolute atomic E-state index is 0.123. The lowest BCUT2D eigenvalue weighted by atomic mass is 9.75. The number of hydrogen-bond acceptors (Lipinski definition) is 2. The molecule has 0 aromatic carbocycles. The van der Waals surface area contributed by atoms with Crippen molar-refractivity contribution in [3.8, 4) is 0 Å². The third-order valence-corrected chi connectivity index (χ3v) is 2.70. The van der Waals surface area contributed by atoms with E-state index in [1.807, 2.05) is 6.92 Å². The molecule has 1 aliphatic carbocycles. The Morgan fingerprint density at radius 1 is 1.42 bits per heavy atom. The Bertz CT molecular complexity index is 128. The number of rotatable bonds is 4. The van der Waals surface area contributed by atoms with Crippen LogP contribution in [0.3, 0.4) is 0 Å². The van der Waals surface area contributed by atoms with Gasteiger partial charge in [0, 0.05) is 6.61 Å². The van der Waals surface area contributed by atoms with Crippen molar-refractivity contribution in [3.05, 3.63) is 0 Å². The van der Waals surface area contributed by atoms with Crippen LogP contribution in [0.25, 0.3) is 0 Å². The predicted molar refractivity (Wildman–Crippen MR) is 49.0 cm³/mol. The first-order valence-corrected chi connectivity index (χ1v) is 4.94. The minimum atomic E-state index is -0.123. The maximum atomic E-state index is 9.68. The summed E-state index contributed by atoms with van der Waals surface area (Å²) in [7, 11) is 0. The van der Waals surface area contributed by atoms with E-state index in [2.05, 4.69) is 13.8 Å². The lowest BCUT2D eigenvalue weighted by molar-refractivity contribution is -0.0772. The molecule has 1 aliphatic rings. The van der Waals surface area contributed by atoms with Crippen molar-refractivity contribution in [1.82, 2.24) is 0 Å². The van der Waals surface area contributed by atoms with Crippen molar-refractivity contribution in [2.24, 2.45) is 11.8 Å². The molecule has 1 rings (SSSR count). The Labute approximate surface area is 74.9 Å². The molecule has 1 atom stereocenters. The SMILES string of the molecule is CCOC1CC(C(O)C(C)C)C1. The number of hydrogen-bond donors (Lipinski definition) is 1. The van der Waals surface area contributed by atoms with Crippen molar-refractivity contribution in [1.29, 1.82) is 0 Å². The van der Waals surface area contributed by atoms with Crippen molar-refractivity contribution in [3.63, 3.8) is 0 Å². The van der Waals surface area contributed by atoms with Gasteiger partial charge in [0.25, 0.3) is 0 Å². The van der Waals surface area contributed by atoms with Gasteiger partial charge in [0.15, 0.2) is 0 Å². The van der Waals surface area contributed by atoms with Crippen LogP contribution in [0.2, 0.25) is 0 Å². The van der Waals surface area contributed by atoms with Gasteiger partial charge in [0.2, 0.25) is 0 Å². The quantitative estimate of drug-likeness (QED) is 0.701. The number of aliphatic hydroxyl groups is 1. The van der Waals surface area contributed by atoms with Crippen LogP contribution in [0.5, 0.6) is 0 Å². The van der Waals surface area contributed by atoms with Gasteiger partial charge in [-0.2, -0.15) is 0 Å². The van der Waals surface area contributed by atoms with E-state index in [0.717, 1.165) is 19.4 Å². The van der Waals surface area contributed by atoms with E-state index in [1.54, 1.807) is 0 Å². The predicted octanol–water partition coefficient (Wildman–Crippen LogP) is 1.82. The molecule has 0 saturated heterocycles. The van der Waals surface area contributed by atoms with Crippen LogP contribution in [-0.4, -0.2) is 23.9 Å². The van der Waals surface area contributed by atoms with Crippen LogP contribution in [0, 0.1) is 11.8 Å². The Kier molecular flexibility index (Phi) is 3.53. The normalized spacial score (nSPS) is 31.8. The van der Waals surface area contributed by atoms with Gasteiger partial charge in [-0.25, -0.2) is 0 Å². The van der Waals surface area contributed by atoms with Crippen molar-refractivity contribution >= 4 is 0 Å². The topological polar surface area (TPSA) is 29.5 Å². The molecule has 0 radical (unpaired) electrons. The third-order valence-electron chi connectivity index (χ3n) is 2.70. The van der Waals surface area contributed by atoms with Crippen LogP contribution in [-0.2, 0) is 4.74 Å². The molecule has 0 bridgehead atoms. The van der Waals surface area contributed by atoms with E-state index >= 15 is 0 Å². The second-order valence-corrected chi connectivity index (χ2v) is 4.04. The first kappa shape index (κ1) is 10.0. The molecule has 0 heterocycles. The fourth-order valence-corrected chi connectivity index (χ4v) is 1.80. The van der Waals surface area contributed by atoms with E-state index in [0.29, 0.717) is 17.9 Å². The molecule has 1 saturated carbocycles. The Morgan fingerprint density at radius 3 is 2.42 bits per heavy atom. The molecule has 72 valence electrons. The average Bonchev–Trinajstić information content (AvgIpc) is 1.94. The van der Waals surface area contributed by atoms with Crippen LogP contribution < -0.4 is 0 Å². The summed E-state index contributed by atoms with van der Waals surface area (Å²) in [6.45, 7) is 6.96. The molecule has 0 aliphatic heterocycles. The Hall–Kier alpha value is -0.0800. The number of ether oxygens (including phenoxy) is 1. The van der Waals surface area contributed by atoms with Crippen LogP contribution in [0.1, 0.15) is 33.6 Å². The molecular formula is C10H20O2. The summed E-state index contributed by atoms with van der Waals surface area (Å²) in [6.07, 6.45) is 2.40. The van der Waals surface area contributed by atoms with E-state index in [4.69, 9.17) is 4.74 Å². The zero-order chi connectivity index (χ0) is 9.14. The summed E-state index contributed by atoms with van der Waals surface area (Å²) in [6, 6.07) is 0. The monoisotopic (exact) mass is 172 g/mol. The molecule has 0 amide bonds. The lowest BCUT2D eigenvalue weighted by Gasteiger charge is -2.39. The third kappa shape index (κ3) is 2.20. The van der Waals surface area contributed by atoms with E-state index < -0.39 is 0 Å². The van der Waals surface area contributed by atoms with E-state index in [1.165, 1.54) is 0 Å². The second kappa shape index (κ2) is 4.24. The zero-order valence-corrected chi connectivity index (χ0v) is 8.29. The first-order valence-electron chi connectivity index (χ1n) is 4.94. The largest absolute Gasteiger partial charge is 0.393 e. The van der Waals surface area contributed by atoms with Gasteiger partial charge in [-0.15, -0.1) is 0 Å². The molecule has 1 unspecified atom stereocenters. The van der Waals surface area contributed by atoms with Gasteiger partial charge in [0.1, 0.15) is 0 Å². The maximum Gasteiger partial charge on any atom is 0.0593 e. The summed E-state index contributed by atoms with van der Waals surface area (Å²) >= 11 is 0. The molecule has 0 aromatic rings. The van der Waals surface area contributed by atoms with Gasteiger partial charge in [-0.1, -0.05) is 13.8 Å². The second-order valence-electron chi connectivity index (χ2n) is 4.04. The summed E-state index contributed by atoms with van der Waals surface area (Å²) in [5, 5.41) is 9.68. The van der Waals surface area contributed by atoms with E-state index in [9.17, 15) is 5.11 Å². The highest BCUT2D eigenvalue weighted by Crippen LogP contribution is 2.34. The highest BCUT2D eigenvalue weighted by molar-refractivity contribution is 4.86. The number of aliphatic hydroxyl groups excluding tert-OH is 1. The average molecular weight is 172 g/mol. The van der Waals surface area contributed by atoms with Gasteiger partial charge in [-0.3, -0.25) is 0 Å². The van der Waals surface area contributed by atoms with Gasteiger partial charge in [-0.05, 0) is 31.6 Å². The summed E-state index contributed by atoms with van der Waals surface area (Å²) in [5.74, 6) is 0.874. The minimum Gasteiger partial charge on any atom is -0.393 e. The molecule has 0 spiro atoms. The zero-order valence-electron chi connectivity index (χ0n) is 8.29. The van der Waals surface area contributed by atoms with Crippen molar-refractivity contribution < 1.29 is 9.84 Å². The molecule has 12 heavy (non-hydrogen) atoms.